The first-order valence-corrected chi connectivity index (χ1v) is 9.04. The van der Waals surface area contributed by atoms with E-state index in [0.29, 0.717) is 18.5 Å². The van der Waals surface area contributed by atoms with Gasteiger partial charge < -0.3 is 10.2 Å². The van der Waals surface area contributed by atoms with Crippen LogP contribution in [0.3, 0.4) is 0 Å². The monoisotopic (exact) mass is 350 g/mol. The third-order valence-electron chi connectivity index (χ3n) is 4.55. The largest absolute Gasteiger partial charge is 0.393 e. The number of aliphatic hydroxyl groups excluding tert-OH is 2. The van der Waals surface area contributed by atoms with E-state index in [9.17, 15) is 10.2 Å². The summed E-state index contributed by atoms with van der Waals surface area (Å²) in [4.78, 5) is 0. The minimum Gasteiger partial charge on any atom is -0.393 e. The summed E-state index contributed by atoms with van der Waals surface area (Å²) in [7, 11) is 0. The summed E-state index contributed by atoms with van der Waals surface area (Å²) < 4.78 is 1.88. The summed E-state index contributed by atoms with van der Waals surface area (Å²) in [6.45, 7) is 5.85. The van der Waals surface area contributed by atoms with Gasteiger partial charge in [-0.25, -0.2) is 4.68 Å². The van der Waals surface area contributed by atoms with Gasteiger partial charge in [-0.05, 0) is 51.8 Å². The Morgan fingerprint density at radius 2 is 1.46 bits per heavy atom. The van der Waals surface area contributed by atoms with Crippen LogP contribution in [0.25, 0.3) is 16.9 Å². The van der Waals surface area contributed by atoms with Gasteiger partial charge in [0.25, 0.3) is 0 Å². The first kappa shape index (κ1) is 18.4. The van der Waals surface area contributed by atoms with E-state index in [1.54, 1.807) is 6.92 Å². The van der Waals surface area contributed by atoms with Crippen molar-refractivity contribution in [2.45, 2.75) is 45.8 Å². The number of aryl methyl sites for hydroxylation is 2. The van der Waals surface area contributed by atoms with Gasteiger partial charge in [0.05, 0.1) is 29.3 Å². The highest BCUT2D eigenvalue weighted by Gasteiger charge is 2.17. The molecule has 0 aliphatic rings. The van der Waals surface area contributed by atoms with Gasteiger partial charge in [-0.15, -0.1) is 0 Å². The van der Waals surface area contributed by atoms with Crippen LogP contribution in [0.5, 0.6) is 0 Å². The van der Waals surface area contributed by atoms with Crippen molar-refractivity contribution < 1.29 is 10.2 Å². The fourth-order valence-corrected chi connectivity index (χ4v) is 2.92. The lowest BCUT2D eigenvalue weighted by atomic mass is 10.1. The Balaban J connectivity index is 2.02. The van der Waals surface area contributed by atoms with Gasteiger partial charge in [-0.2, -0.15) is 5.10 Å². The normalized spacial score (nSPS) is 13.6. The molecular formula is C22H26N2O2. The smallest absolute Gasteiger partial charge is 0.0979 e. The van der Waals surface area contributed by atoms with Crippen LogP contribution in [0, 0.1) is 13.8 Å². The SMILES string of the molecule is Cc1ccc(-c2cc(C(O)CCC(C)O)nn2-c2ccc(C)cc2)cc1. The van der Waals surface area contributed by atoms with Crippen LogP contribution in [-0.2, 0) is 0 Å². The van der Waals surface area contributed by atoms with Gasteiger partial charge in [-0.1, -0.05) is 47.5 Å². The van der Waals surface area contributed by atoms with Crippen molar-refractivity contribution in [3.63, 3.8) is 0 Å². The molecule has 26 heavy (non-hydrogen) atoms. The van der Waals surface area contributed by atoms with E-state index in [4.69, 9.17) is 0 Å². The Bertz CT molecular complexity index is 786. The van der Waals surface area contributed by atoms with Gasteiger partial charge in [0, 0.05) is 5.56 Å². The zero-order valence-corrected chi connectivity index (χ0v) is 15.6. The van der Waals surface area contributed by atoms with E-state index in [2.05, 4.69) is 55.3 Å². The highest BCUT2D eigenvalue weighted by Crippen LogP contribution is 2.28. The Hall–Kier alpha value is -2.43. The van der Waals surface area contributed by atoms with Gasteiger partial charge in [-0.3, -0.25) is 0 Å². The van der Waals surface area contributed by atoms with Crippen molar-refractivity contribution in [3.8, 4) is 16.9 Å². The summed E-state index contributed by atoms with van der Waals surface area (Å²) >= 11 is 0. The maximum absolute atomic E-state index is 10.5. The van der Waals surface area contributed by atoms with Gasteiger partial charge in [0.2, 0.25) is 0 Å². The van der Waals surface area contributed by atoms with Crippen molar-refractivity contribution in [2.75, 3.05) is 0 Å². The van der Waals surface area contributed by atoms with Crippen LogP contribution < -0.4 is 0 Å². The average Bonchev–Trinajstić information content (AvgIpc) is 3.06. The number of rotatable bonds is 6. The lowest BCUT2D eigenvalue weighted by Gasteiger charge is -2.09. The molecule has 1 heterocycles. The zero-order chi connectivity index (χ0) is 18.7. The second-order valence-electron chi connectivity index (χ2n) is 7.01. The molecule has 0 fully saturated rings. The highest BCUT2D eigenvalue weighted by molar-refractivity contribution is 5.63. The minimum absolute atomic E-state index is 0.430. The Morgan fingerprint density at radius 1 is 0.885 bits per heavy atom. The molecule has 2 atom stereocenters. The second kappa shape index (κ2) is 7.85. The maximum atomic E-state index is 10.5. The van der Waals surface area contributed by atoms with Gasteiger partial charge >= 0.3 is 0 Å². The Morgan fingerprint density at radius 3 is 2.04 bits per heavy atom. The summed E-state index contributed by atoms with van der Waals surface area (Å²) in [5.74, 6) is 0. The van der Waals surface area contributed by atoms with E-state index >= 15 is 0 Å². The van der Waals surface area contributed by atoms with Crippen molar-refractivity contribution in [1.82, 2.24) is 9.78 Å². The molecule has 0 aliphatic carbocycles. The third kappa shape index (κ3) is 4.21. The molecule has 2 aromatic carbocycles. The lowest BCUT2D eigenvalue weighted by Crippen LogP contribution is -2.06. The third-order valence-corrected chi connectivity index (χ3v) is 4.55. The second-order valence-corrected chi connectivity index (χ2v) is 7.01. The molecule has 136 valence electrons. The van der Waals surface area contributed by atoms with E-state index < -0.39 is 12.2 Å². The van der Waals surface area contributed by atoms with Crippen LogP contribution in [-0.4, -0.2) is 26.1 Å². The molecule has 3 aromatic rings. The molecule has 0 amide bonds. The molecule has 0 aliphatic heterocycles. The molecule has 0 spiro atoms. The number of aliphatic hydroxyl groups is 2. The topological polar surface area (TPSA) is 58.3 Å². The minimum atomic E-state index is -0.694. The number of nitrogens with zero attached hydrogens (tertiary/aromatic N) is 2. The molecule has 0 saturated heterocycles. The maximum Gasteiger partial charge on any atom is 0.0979 e. The number of benzene rings is 2. The quantitative estimate of drug-likeness (QED) is 0.695. The standard InChI is InChI=1S/C22H26N2O2/c1-15-4-9-18(10-5-15)21-14-20(22(26)13-8-17(3)25)23-24(21)19-11-6-16(2)7-12-19/h4-7,9-12,14,17,22,25-26H,8,13H2,1-3H3. The first-order valence-electron chi connectivity index (χ1n) is 9.04. The van der Waals surface area contributed by atoms with Crippen LogP contribution in [0.2, 0.25) is 0 Å². The fraction of sp³-hybridized carbons (Fsp3) is 0.318. The van der Waals surface area contributed by atoms with Crippen LogP contribution >= 0.6 is 0 Å². The molecule has 2 unspecified atom stereocenters. The highest BCUT2D eigenvalue weighted by atomic mass is 16.3. The lowest BCUT2D eigenvalue weighted by molar-refractivity contribution is 0.120. The van der Waals surface area contributed by atoms with E-state index in [1.165, 1.54) is 11.1 Å². The number of hydrogen-bond acceptors (Lipinski definition) is 3. The predicted molar refractivity (Wildman–Crippen MR) is 104 cm³/mol. The number of hydrogen-bond donors (Lipinski definition) is 2. The zero-order valence-electron chi connectivity index (χ0n) is 15.6. The molecule has 0 saturated carbocycles. The molecule has 1 aromatic heterocycles. The van der Waals surface area contributed by atoms with Gasteiger partial charge in [0.1, 0.15) is 0 Å². The summed E-state index contributed by atoms with van der Waals surface area (Å²) in [6.07, 6.45) is -0.102. The molecule has 0 bridgehead atoms. The molecular weight excluding hydrogens is 324 g/mol. The summed E-state index contributed by atoms with van der Waals surface area (Å²) in [5, 5.41) is 24.7. The predicted octanol–water partition coefficient (Wildman–Crippen LogP) is 4.35. The average molecular weight is 350 g/mol. The van der Waals surface area contributed by atoms with Crippen molar-refractivity contribution >= 4 is 0 Å². The summed E-state index contributed by atoms with van der Waals surface area (Å²) in [6, 6.07) is 18.4. The van der Waals surface area contributed by atoms with Crippen molar-refractivity contribution in [2.24, 2.45) is 0 Å². The first-order chi connectivity index (χ1) is 12.4. The number of aromatic nitrogens is 2. The van der Waals surface area contributed by atoms with Crippen LogP contribution in [0.15, 0.2) is 54.6 Å². The van der Waals surface area contributed by atoms with E-state index in [1.807, 2.05) is 22.9 Å². The van der Waals surface area contributed by atoms with Gasteiger partial charge in [0.15, 0.2) is 0 Å². The van der Waals surface area contributed by atoms with E-state index in [-0.39, 0.29) is 0 Å². The van der Waals surface area contributed by atoms with Crippen LogP contribution in [0.1, 0.15) is 42.7 Å². The van der Waals surface area contributed by atoms with Crippen molar-refractivity contribution in [1.29, 1.82) is 0 Å². The Labute approximate surface area is 154 Å². The Kier molecular flexibility index (Phi) is 5.55. The molecule has 0 radical (unpaired) electrons. The molecule has 4 heteroatoms. The molecule has 2 N–H and O–H groups in total. The summed E-state index contributed by atoms with van der Waals surface area (Å²) in [5.41, 5.74) is 5.97. The van der Waals surface area contributed by atoms with E-state index in [0.717, 1.165) is 16.9 Å². The molecule has 4 nitrogen and oxygen atoms in total. The fourth-order valence-electron chi connectivity index (χ4n) is 2.92. The van der Waals surface area contributed by atoms with Crippen molar-refractivity contribution in [3.05, 3.63) is 71.4 Å². The van der Waals surface area contributed by atoms with Crippen LogP contribution in [0.4, 0.5) is 0 Å². The molecule has 3 rings (SSSR count).